The van der Waals surface area contributed by atoms with E-state index in [1.54, 1.807) is 37.3 Å². The van der Waals surface area contributed by atoms with Crippen molar-refractivity contribution < 1.29 is 19.1 Å². The number of fused-ring (bicyclic) bond motifs is 2. The van der Waals surface area contributed by atoms with E-state index in [0.29, 0.717) is 28.1 Å². The summed E-state index contributed by atoms with van der Waals surface area (Å²) in [7, 11) is 1.91. The molecule has 0 bridgehead atoms. The minimum absolute atomic E-state index is 0.180. The van der Waals surface area contributed by atoms with Crippen molar-refractivity contribution in [1.29, 1.82) is 0 Å². The van der Waals surface area contributed by atoms with E-state index >= 15 is 0 Å². The number of halogens is 2. The number of ether oxygens (including phenoxy) is 2. The number of aromatic amines is 1. The predicted molar refractivity (Wildman–Crippen MR) is 150 cm³/mol. The molecule has 0 saturated heterocycles. The van der Waals surface area contributed by atoms with E-state index in [0.717, 1.165) is 32.9 Å². The van der Waals surface area contributed by atoms with Gasteiger partial charge in [0.15, 0.2) is 6.61 Å². The van der Waals surface area contributed by atoms with Crippen LogP contribution in [0.25, 0.3) is 21.8 Å². The SMILES string of the molecule is CCOC(=O)COc1ccc2c(C(C(=O)Nc3ccc(Cl)cc3)c3c[nH]c4cc(Cl)ccc34)cn(C)c2c1. The Hall–Kier alpha value is -3.94. The highest BCUT2D eigenvalue weighted by Gasteiger charge is 2.29. The van der Waals surface area contributed by atoms with Gasteiger partial charge in [0.25, 0.3) is 0 Å². The number of amides is 1. The molecule has 7 nitrogen and oxygen atoms in total. The normalized spacial score (nSPS) is 12.0. The predicted octanol–water partition coefficient (Wildman–Crippen LogP) is 6.68. The molecule has 2 N–H and O–H groups in total. The molecule has 3 aromatic carbocycles. The molecule has 0 spiro atoms. The van der Waals surface area contributed by atoms with E-state index in [9.17, 15) is 9.59 Å². The molecule has 0 aliphatic rings. The minimum atomic E-state index is -0.643. The molecule has 0 saturated carbocycles. The van der Waals surface area contributed by atoms with Crippen LogP contribution in [-0.2, 0) is 21.4 Å². The molecule has 2 heterocycles. The number of hydrogen-bond acceptors (Lipinski definition) is 4. The largest absolute Gasteiger partial charge is 0.482 e. The fourth-order valence-electron chi connectivity index (χ4n) is 4.62. The number of aromatic nitrogens is 2. The van der Waals surface area contributed by atoms with Gasteiger partial charge in [0.1, 0.15) is 5.75 Å². The second-order valence-corrected chi connectivity index (χ2v) is 9.70. The quantitative estimate of drug-likeness (QED) is 0.211. The lowest BCUT2D eigenvalue weighted by Gasteiger charge is -2.17. The molecule has 38 heavy (non-hydrogen) atoms. The summed E-state index contributed by atoms with van der Waals surface area (Å²) in [5.74, 6) is -0.741. The van der Waals surface area contributed by atoms with Crippen molar-refractivity contribution in [3.8, 4) is 5.75 Å². The number of rotatable bonds is 8. The van der Waals surface area contributed by atoms with Gasteiger partial charge in [-0.1, -0.05) is 29.3 Å². The topological polar surface area (TPSA) is 85.3 Å². The van der Waals surface area contributed by atoms with Crippen LogP contribution in [0.15, 0.2) is 73.1 Å². The third kappa shape index (κ3) is 5.21. The van der Waals surface area contributed by atoms with Gasteiger partial charge in [-0.15, -0.1) is 0 Å². The first kappa shape index (κ1) is 25.7. The van der Waals surface area contributed by atoms with Crippen LogP contribution >= 0.6 is 23.2 Å². The Kier molecular flexibility index (Phi) is 7.31. The lowest BCUT2D eigenvalue weighted by atomic mass is 9.89. The van der Waals surface area contributed by atoms with Crippen LogP contribution in [-0.4, -0.2) is 34.6 Å². The van der Waals surface area contributed by atoms with Gasteiger partial charge >= 0.3 is 5.97 Å². The van der Waals surface area contributed by atoms with Crippen LogP contribution in [0.1, 0.15) is 24.0 Å². The fourth-order valence-corrected chi connectivity index (χ4v) is 4.92. The standard InChI is InChI=1S/C29H25Cl2N3O4/c1-3-37-27(35)16-38-20-9-11-22-24(15-34(2)26(22)13-20)28(29(36)33-19-7-4-17(30)5-8-19)23-14-32-25-12-18(31)6-10-21(23)25/h4-15,28,32H,3,16H2,1-2H3,(H,33,36). The number of hydrogen-bond donors (Lipinski definition) is 2. The second-order valence-electron chi connectivity index (χ2n) is 8.83. The number of esters is 1. The summed E-state index contributed by atoms with van der Waals surface area (Å²) in [5.41, 5.74) is 3.97. The Bertz CT molecular complexity index is 1640. The van der Waals surface area contributed by atoms with Crippen molar-refractivity contribution in [2.24, 2.45) is 7.05 Å². The average molecular weight is 550 g/mol. The minimum Gasteiger partial charge on any atom is -0.482 e. The molecule has 5 rings (SSSR count). The molecule has 0 aliphatic heterocycles. The molecule has 194 valence electrons. The van der Waals surface area contributed by atoms with Crippen molar-refractivity contribution >= 4 is 62.6 Å². The number of nitrogens with one attached hydrogen (secondary N) is 2. The van der Waals surface area contributed by atoms with E-state index in [1.165, 1.54) is 0 Å². The van der Waals surface area contributed by atoms with Gasteiger partial charge < -0.3 is 24.3 Å². The summed E-state index contributed by atoms with van der Waals surface area (Å²) in [6.07, 6.45) is 3.80. The lowest BCUT2D eigenvalue weighted by molar-refractivity contribution is -0.145. The van der Waals surface area contributed by atoms with Gasteiger partial charge in [-0.3, -0.25) is 4.79 Å². The second kappa shape index (κ2) is 10.8. The van der Waals surface area contributed by atoms with Gasteiger partial charge in [-0.25, -0.2) is 4.79 Å². The summed E-state index contributed by atoms with van der Waals surface area (Å²) in [4.78, 5) is 28.9. The monoisotopic (exact) mass is 549 g/mol. The third-order valence-electron chi connectivity index (χ3n) is 6.33. The smallest absolute Gasteiger partial charge is 0.344 e. The maximum absolute atomic E-state index is 13.9. The van der Waals surface area contributed by atoms with E-state index in [-0.39, 0.29) is 12.5 Å². The Balaban J connectivity index is 1.57. The van der Waals surface area contributed by atoms with Gasteiger partial charge in [0.05, 0.1) is 18.0 Å². The summed E-state index contributed by atoms with van der Waals surface area (Å²) < 4.78 is 12.5. The van der Waals surface area contributed by atoms with E-state index in [1.807, 2.05) is 54.3 Å². The highest BCUT2D eigenvalue weighted by molar-refractivity contribution is 6.31. The number of nitrogens with zero attached hydrogens (tertiary/aromatic N) is 1. The van der Waals surface area contributed by atoms with Crippen LogP contribution in [0.3, 0.4) is 0 Å². The number of H-pyrrole nitrogens is 1. The molecule has 5 aromatic rings. The first-order valence-corrected chi connectivity index (χ1v) is 12.8. The van der Waals surface area contributed by atoms with Gasteiger partial charge in [0, 0.05) is 57.5 Å². The maximum atomic E-state index is 13.9. The van der Waals surface area contributed by atoms with Crippen LogP contribution in [0.2, 0.25) is 10.0 Å². The number of benzene rings is 3. The molecule has 0 fully saturated rings. The zero-order valence-corrected chi connectivity index (χ0v) is 22.3. The van der Waals surface area contributed by atoms with Crippen LogP contribution < -0.4 is 10.1 Å². The fraction of sp³-hybridized carbons (Fsp3) is 0.172. The number of carbonyl (C=O) groups is 2. The maximum Gasteiger partial charge on any atom is 0.344 e. The third-order valence-corrected chi connectivity index (χ3v) is 6.81. The Labute approximate surface area is 229 Å². The van der Waals surface area contributed by atoms with E-state index < -0.39 is 11.9 Å². The molecular weight excluding hydrogens is 525 g/mol. The summed E-state index contributed by atoms with van der Waals surface area (Å²) >= 11 is 12.2. The van der Waals surface area contributed by atoms with Crippen molar-refractivity contribution in [3.05, 3.63) is 94.2 Å². The highest BCUT2D eigenvalue weighted by atomic mass is 35.5. The van der Waals surface area contributed by atoms with Crippen molar-refractivity contribution in [2.45, 2.75) is 12.8 Å². The molecule has 9 heteroatoms. The Morgan fingerprint density at radius 1 is 0.974 bits per heavy atom. The van der Waals surface area contributed by atoms with Crippen molar-refractivity contribution in [1.82, 2.24) is 9.55 Å². The molecule has 2 aromatic heterocycles. The molecule has 1 atom stereocenters. The average Bonchev–Trinajstić information content (AvgIpc) is 3.45. The molecule has 1 unspecified atom stereocenters. The van der Waals surface area contributed by atoms with Gasteiger partial charge in [0.2, 0.25) is 5.91 Å². The Morgan fingerprint density at radius 2 is 1.71 bits per heavy atom. The van der Waals surface area contributed by atoms with E-state index in [4.69, 9.17) is 32.7 Å². The number of anilines is 1. The van der Waals surface area contributed by atoms with Crippen molar-refractivity contribution in [2.75, 3.05) is 18.5 Å². The van der Waals surface area contributed by atoms with Gasteiger partial charge in [-0.05, 0) is 66.6 Å². The van der Waals surface area contributed by atoms with E-state index in [2.05, 4.69) is 10.3 Å². The van der Waals surface area contributed by atoms with Crippen LogP contribution in [0.5, 0.6) is 5.75 Å². The van der Waals surface area contributed by atoms with Crippen LogP contribution in [0, 0.1) is 0 Å². The summed E-state index contributed by atoms with van der Waals surface area (Å²) in [5, 5.41) is 6.02. The lowest BCUT2D eigenvalue weighted by Crippen LogP contribution is -2.22. The molecule has 1 amide bonds. The summed E-state index contributed by atoms with van der Waals surface area (Å²) in [6, 6.07) is 18.1. The highest BCUT2D eigenvalue weighted by Crippen LogP contribution is 2.38. The van der Waals surface area contributed by atoms with Crippen molar-refractivity contribution in [3.63, 3.8) is 0 Å². The summed E-state index contributed by atoms with van der Waals surface area (Å²) in [6.45, 7) is 1.86. The van der Waals surface area contributed by atoms with Crippen LogP contribution in [0.4, 0.5) is 5.69 Å². The first-order chi connectivity index (χ1) is 18.3. The number of aryl methyl sites for hydroxylation is 1. The molecule has 0 aliphatic carbocycles. The first-order valence-electron chi connectivity index (χ1n) is 12.0. The number of carbonyl (C=O) groups excluding carboxylic acids is 2. The Morgan fingerprint density at radius 3 is 2.47 bits per heavy atom. The zero-order chi connectivity index (χ0) is 26.8. The molecular formula is C29H25Cl2N3O4. The molecule has 0 radical (unpaired) electrons. The van der Waals surface area contributed by atoms with Gasteiger partial charge in [-0.2, -0.15) is 0 Å². The zero-order valence-electron chi connectivity index (χ0n) is 20.8.